The summed E-state index contributed by atoms with van der Waals surface area (Å²) >= 11 is 1.71. The number of Topliss-reactive ketones (excluding diaryl/α,β-unsaturated/α-hetero) is 1. The molecule has 2 N–H and O–H groups in total. The molecule has 2 rings (SSSR count). The zero-order chi connectivity index (χ0) is 26.7. The number of amides is 1. The second kappa shape index (κ2) is 14.0. The van der Waals surface area contributed by atoms with Crippen LogP contribution in [-0.4, -0.2) is 24.1 Å². The molecule has 7 nitrogen and oxygen atoms in total. The molecule has 8 heteroatoms. The molecule has 0 aliphatic rings. The number of unbranched alkanes of at least 4 members (excludes halogenated alkanes) is 3. The molecule has 0 aromatic carbocycles. The third kappa shape index (κ3) is 8.66. The van der Waals surface area contributed by atoms with Gasteiger partial charge in [0.1, 0.15) is 17.1 Å². The summed E-state index contributed by atoms with van der Waals surface area (Å²) in [6.45, 7) is 7.64. The van der Waals surface area contributed by atoms with Gasteiger partial charge in [-0.25, -0.2) is 9.59 Å². The predicted molar refractivity (Wildman–Crippen MR) is 143 cm³/mol. The maximum absolute atomic E-state index is 13.3. The van der Waals surface area contributed by atoms with Crippen molar-refractivity contribution < 1.29 is 23.8 Å². The fourth-order valence-electron chi connectivity index (χ4n) is 3.94. The second-order valence-electron chi connectivity index (χ2n) is 9.78. The van der Waals surface area contributed by atoms with Gasteiger partial charge < -0.3 is 14.3 Å². The smallest absolute Gasteiger partial charge is 0.410 e. The minimum Gasteiger partial charge on any atom is -0.507 e. The lowest BCUT2D eigenvalue weighted by atomic mass is 9.81. The molecule has 1 amide bonds. The Bertz CT molecular complexity index is 1100. The van der Waals surface area contributed by atoms with Crippen molar-refractivity contribution in [2.24, 2.45) is 5.41 Å². The van der Waals surface area contributed by atoms with Gasteiger partial charge in [-0.2, -0.15) is 0 Å². The van der Waals surface area contributed by atoms with Gasteiger partial charge in [0.2, 0.25) is 0 Å². The monoisotopic (exact) mass is 517 g/mol. The summed E-state index contributed by atoms with van der Waals surface area (Å²) in [6.07, 6.45) is 10.3. The van der Waals surface area contributed by atoms with Gasteiger partial charge in [-0.15, -0.1) is 11.3 Å². The van der Waals surface area contributed by atoms with Gasteiger partial charge in [0.25, 0.3) is 0 Å². The molecule has 0 spiro atoms. The summed E-state index contributed by atoms with van der Waals surface area (Å²) in [4.78, 5) is 39.5. The Morgan fingerprint density at radius 3 is 2.61 bits per heavy atom. The van der Waals surface area contributed by atoms with Crippen molar-refractivity contribution in [3.8, 4) is 5.75 Å². The van der Waals surface area contributed by atoms with E-state index in [0.717, 1.165) is 17.7 Å². The number of ether oxygens (including phenoxy) is 1. The highest BCUT2D eigenvalue weighted by Crippen LogP contribution is 2.33. The first-order chi connectivity index (χ1) is 17.1. The topological polar surface area (TPSA) is 106 Å². The molecular formula is C28H39NO6S. The van der Waals surface area contributed by atoms with Crippen molar-refractivity contribution in [2.75, 3.05) is 7.11 Å². The van der Waals surface area contributed by atoms with Crippen molar-refractivity contribution in [2.45, 2.75) is 85.0 Å². The lowest BCUT2D eigenvalue weighted by molar-refractivity contribution is 0.0830. The van der Waals surface area contributed by atoms with E-state index < -0.39 is 22.9 Å². The Balaban J connectivity index is 2.04. The third-order valence-electron chi connectivity index (χ3n) is 6.16. The molecule has 0 aliphatic carbocycles. The molecule has 2 aromatic heterocycles. The minimum atomic E-state index is -0.874. The van der Waals surface area contributed by atoms with E-state index in [-0.39, 0.29) is 17.2 Å². The summed E-state index contributed by atoms with van der Waals surface area (Å²) < 4.78 is 9.93. The van der Waals surface area contributed by atoms with Crippen LogP contribution in [0.4, 0.5) is 4.79 Å². The quantitative estimate of drug-likeness (QED) is 0.212. The molecule has 0 aliphatic heterocycles. The maximum atomic E-state index is 13.3. The van der Waals surface area contributed by atoms with Gasteiger partial charge in [-0.1, -0.05) is 53.0 Å². The average Bonchev–Trinajstić information content (AvgIpc) is 3.27. The van der Waals surface area contributed by atoms with Crippen LogP contribution in [0, 0.1) is 5.41 Å². The van der Waals surface area contributed by atoms with E-state index in [4.69, 9.17) is 4.42 Å². The largest absolute Gasteiger partial charge is 0.507 e. The van der Waals surface area contributed by atoms with E-state index in [1.165, 1.54) is 43.5 Å². The van der Waals surface area contributed by atoms with Crippen LogP contribution in [0.25, 0.3) is 0 Å². The highest BCUT2D eigenvalue weighted by atomic mass is 32.1. The van der Waals surface area contributed by atoms with Crippen LogP contribution in [-0.2, 0) is 17.6 Å². The zero-order valence-corrected chi connectivity index (χ0v) is 22.8. The van der Waals surface area contributed by atoms with Gasteiger partial charge in [-0.3, -0.25) is 10.1 Å². The molecule has 0 radical (unpaired) electrons. The number of thiophene rings is 1. The van der Waals surface area contributed by atoms with Crippen molar-refractivity contribution in [3.63, 3.8) is 0 Å². The Hall–Kier alpha value is -2.87. The van der Waals surface area contributed by atoms with Gasteiger partial charge >= 0.3 is 11.7 Å². The van der Waals surface area contributed by atoms with Gasteiger partial charge in [0, 0.05) is 33.4 Å². The number of methoxy groups -OCH3 is 1. The van der Waals surface area contributed by atoms with Crippen LogP contribution in [0.1, 0.15) is 98.0 Å². The van der Waals surface area contributed by atoms with E-state index in [9.17, 15) is 19.5 Å². The number of rotatable bonds is 14. The van der Waals surface area contributed by atoms with Gasteiger partial charge in [-0.05, 0) is 44.2 Å². The fraction of sp³-hybridized carbons (Fsp3) is 0.536. The summed E-state index contributed by atoms with van der Waals surface area (Å²) in [5, 5.41) is 13.0. The maximum Gasteiger partial charge on any atom is 0.410 e. The van der Waals surface area contributed by atoms with Crippen LogP contribution in [0.2, 0.25) is 0 Å². The van der Waals surface area contributed by atoms with Crippen LogP contribution in [0.3, 0.4) is 0 Å². The van der Waals surface area contributed by atoms with Crippen molar-refractivity contribution >= 4 is 23.2 Å². The first-order valence-electron chi connectivity index (χ1n) is 12.6. The lowest BCUT2D eigenvalue weighted by Crippen LogP contribution is -2.31. The zero-order valence-electron chi connectivity index (χ0n) is 22.0. The minimum absolute atomic E-state index is 0.176. The molecular weight excluding hydrogens is 478 g/mol. The number of hydrogen-bond acceptors (Lipinski definition) is 7. The first kappa shape index (κ1) is 29.4. The Kier molecular flexibility index (Phi) is 11.4. The van der Waals surface area contributed by atoms with Crippen LogP contribution in [0.5, 0.6) is 5.75 Å². The van der Waals surface area contributed by atoms with Gasteiger partial charge in [0.15, 0.2) is 5.78 Å². The summed E-state index contributed by atoms with van der Waals surface area (Å²) in [6, 6.07) is 5.54. The lowest BCUT2D eigenvalue weighted by Gasteiger charge is -2.22. The second-order valence-corrected chi connectivity index (χ2v) is 11.0. The molecule has 198 valence electrons. The highest BCUT2D eigenvalue weighted by molar-refractivity contribution is 7.12. The molecule has 36 heavy (non-hydrogen) atoms. The summed E-state index contributed by atoms with van der Waals surface area (Å²) in [5.74, 6) is -0.642. The number of allylic oxidation sites excluding steroid dienone is 1. The van der Waals surface area contributed by atoms with E-state index in [2.05, 4.69) is 29.1 Å². The number of alkyl carbamates (subject to hydrolysis) is 1. The van der Waals surface area contributed by atoms with Crippen molar-refractivity contribution in [1.29, 1.82) is 0 Å². The highest BCUT2D eigenvalue weighted by Gasteiger charge is 2.34. The molecule has 0 saturated carbocycles. The van der Waals surface area contributed by atoms with Crippen molar-refractivity contribution in [1.82, 2.24) is 5.32 Å². The van der Waals surface area contributed by atoms with Crippen LogP contribution >= 0.6 is 11.3 Å². The first-order valence-corrected chi connectivity index (χ1v) is 13.4. The predicted octanol–water partition coefficient (Wildman–Crippen LogP) is 6.73. The Morgan fingerprint density at radius 1 is 1.22 bits per heavy atom. The van der Waals surface area contributed by atoms with E-state index in [1.807, 2.05) is 6.92 Å². The Labute approximate surface area is 217 Å². The number of carbonyl (C=O) groups is 2. The molecule has 0 saturated heterocycles. The molecule has 2 heterocycles. The average molecular weight is 518 g/mol. The number of carbonyl (C=O) groups excluding carboxylic acids is 2. The van der Waals surface area contributed by atoms with E-state index >= 15 is 0 Å². The molecule has 0 bridgehead atoms. The fourth-order valence-corrected chi connectivity index (χ4v) is 5.23. The van der Waals surface area contributed by atoms with Crippen LogP contribution in [0.15, 0.2) is 39.7 Å². The molecule has 1 atom stereocenters. The molecule has 1 unspecified atom stereocenters. The number of aryl methyl sites for hydroxylation is 1. The third-order valence-corrected chi connectivity index (χ3v) is 7.30. The van der Waals surface area contributed by atoms with Crippen LogP contribution < -0.4 is 10.9 Å². The standard InChI is InChI=1S/C28H39NO6S/c1-6-7-8-9-13-20-14-15-21(36-20)18-28(3,4)25(31)24-22(30)17-23(35-26(24)32)19(2)12-10-11-16-29-27(33)34-5/h11,14-17,19,30H,6-10,12-13,18H2,1-5H3,(H,29,33)/b16-11+. The normalized spacial score (nSPS) is 12.6. The Morgan fingerprint density at radius 2 is 1.94 bits per heavy atom. The summed E-state index contributed by atoms with van der Waals surface area (Å²) in [7, 11) is 1.28. The number of nitrogens with one attached hydrogen (secondary N) is 1. The molecule has 2 aromatic rings. The van der Waals surface area contributed by atoms with Crippen molar-refractivity contribution in [3.05, 3.63) is 62.0 Å². The number of ketones is 1. The van der Waals surface area contributed by atoms with E-state index in [0.29, 0.717) is 25.0 Å². The summed E-state index contributed by atoms with van der Waals surface area (Å²) in [5.41, 5.74) is -1.99. The molecule has 0 fully saturated rings. The SMILES string of the molecule is CCCCCCc1ccc(CC(C)(C)C(=O)c2c(O)cc(C(C)CC/C=C/NC(=O)OC)oc2=O)s1. The van der Waals surface area contributed by atoms with Gasteiger partial charge in [0.05, 0.1) is 7.11 Å². The van der Waals surface area contributed by atoms with E-state index in [1.54, 1.807) is 31.3 Å². The number of hydrogen-bond donors (Lipinski definition) is 2. The number of aromatic hydroxyl groups is 1.